The van der Waals surface area contributed by atoms with Crippen molar-refractivity contribution in [3.05, 3.63) is 23.2 Å². The summed E-state index contributed by atoms with van der Waals surface area (Å²) < 4.78 is 5.45. The van der Waals surface area contributed by atoms with Gasteiger partial charge in [-0.05, 0) is 12.1 Å². The van der Waals surface area contributed by atoms with E-state index in [1.807, 2.05) is 18.2 Å². The molecule has 2 rings (SSSR count). The molecule has 6 heteroatoms. The van der Waals surface area contributed by atoms with E-state index in [1.54, 1.807) is 11.8 Å². The van der Waals surface area contributed by atoms with E-state index in [2.05, 4.69) is 31.0 Å². The van der Waals surface area contributed by atoms with E-state index < -0.39 is 0 Å². The SMILES string of the molecule is CC(C)(C)SCC(=O)Nc1cccc(Cl)c1N1CCOCC1. The third-order valence-corrected chi connectivity index (χ3v) is 4.80. The van der Waals surface area contributed by atoms with Gasteiger partial charge in [-0.1, -0.05) is 38.4 Å². The molecule has 1 aromatic rings. The number of carbonyl (C=O) groups is 1. The molecule has 1 aromatic carbocycles. The van der Waals surface area contributed by atoms with Crippen molar-refractivity contribution in [1.29, 1.82) is 0 Å². The third kappa shape index (κ3) is 5.07. The number of ether oxygens (including phenoxy) is 1. The quantitative estimate of drug-likeness (QED) is 0.907. The lowest BCUT2D eigenvalue weighted by atomic mass is 10.2. The Morgan fingerprint density at radius 3 is 2.68 bits per heavy atom. The average Bonchev–Trinajstić information content (AvgIpc) is 2.45. The molecule has 0 aromatic heterocycles. The maximum absolute atomic E-state index is 12.2. The van der Waals surface area contributed by atoms with E-state index in [-0.39, 0.29) is 10.7 Å². The molecule has 0 spiro atoms. The Morgan fingerprint density at radius 1 is 1.36 bits per heavy atom. The van der Waals surface area contributed by atoms with Gasteiger partial charge in [0.1, 0.15) is 0 Å². The minimum atomic E-state index is -0.00305. The molecule has 122 valence electrons. The molecule has 1 heterocycles. The van der Waals surface area contributed by atoms with Crippen molar-refractivity contribution in [2.45, 2.75) is 25.5 Å². The van der Waals surface area contributed by atoms with Crippen molar-refractivity contribution in [3.8, 4) is 0 Å². The molecule has 0 bridgehead atoms. The summed E-state index contributed by atoms with van der Waals surface area (Å²) in [6, 6.07) is 5.61. The Bertz CT molecular complexity index is 525. The van der Waals surface area contributed by atoms with Crippen LogP contribution in [0.15, 0.2) is 18.2 Å². The van der Waals surface area contributed by atoms with Gasteiger partial charge in [-0.2, -0.15) is 0 Å². The first-order valence-electron chi connectivity index (χ1n) is 7.42. The zero-order valence-electron chi connectivity index (χ0n) is 13.3. The number of amides is 1. The first-order chi connectivity index (χ1) is 10.4. The summed E-state index contributed by atoms with van der Waals surface area (Å²) >= 11 is 7.98. The molecule has 1 aliphatic rings. The highest BCUT2D eigenvalue weighted by Crippen LogP contribution is 2.34. The molecule has 1 aliphatic heterocycles. The molecule has 0 saturated carbocycles. The number of nitrogens with zero attached hydrogens (tertiary/aromatic N) is 1. The number of anilines is 2. The number of hydrogen-bond donors (Lipinski definition) is 1. The highest BCUT2D eigenvalue weighted by molar-refractivity contribution is 8.01. The Morgan fingerprint density at radius 2 is 2.05 bits per heavy atom. The molecule has 0 aliphatic carbocycles. The van der Waals surface area contributed by atoms with E-state index >= 15 is 0 Å². The van der Waals surface area contributed by atoms with Crippen LogP contribution in [0.25, 0.3) is 0 Å². The Labute approximate surface area is 141 Å². The smallest absolute Gasteiger partial charge is 0.234 e. The Balaban J connectivity index is 2.10. The summed E-state index contributed by atoms with van der Waals surface area (Å²) in [6.45, 7) is 9.22. The first kappa shape index (κ1) is 17.4. The van der Waals surface area contributed by atoms with Crippen molar-refractivity contribution in [2.24, 2.45) is 0 Å². The van der Waals surface area contributed by atoms with Gasteiger partial charge in [0.25, 0.3) is 0 Å². The minimum Gasteiger partial charge on any atom is -0.378 e. The molecule has 22 heavy (non-hydrogen) atoms. The maximum atomic E-state index is 12.2. The summed E-state index contributed by atoms with van der Waals surface area (Å²) in [5.41, 5.74) is 1.66. The highest BCUT2D eigenvalue weighted by Gasteiger charge is 2.20. The van der Waals surface area contributed by atoms with Gasteiger partial charge in [0.05, 0.1) is 35.4 Å². The lowest BCUT2D eigenvalue weighted by molar-refractivity contribution is -0.113. The van der Waals surface area contributed by atoms with Gasteiger partial charge in [0.2, 0.25) is 5.91 Å². The molecular weight excluding hydrogens is 320 g/mol. The van der Waals surface area contributed by atoms with E-state index in [9.17, 15) is 4.79 Å². The number of benzene rings is 1. The number of halogens is 1. The first-order valence-corrected chi connectivity index (χ1v) is 8.78. The number of rotatable bonds is 4. The van der Waals surface area contributed by atoms with Gasteiger partial charge >= 0.3 is 0 Å². The van der Waals surface area contributed by atoms with Gasteiger partial charge in [0.15, 0.2) is 0 Å². The normalized spacial score (nSPS) is 15.7. The number of morpholine rings is 1. The van der Waals surface area contributed by atoms with E-state index in [4.69, 9.17) is 16.3 Å². The fourth-order valence-corrected chi connectivity index (χ4v) is 3.12. The fraction of sp³-hybridized carbons (Fsp3) is 0.562. The van der Waals surface area contributed by atoms with Gasteiger partial charge in [-0.15, -0.1) is 11.8 Å². The number of nitrogens with one attached hydrogen (secondary N) is 1. The fourth-order valence-electron chi connectivity index (χ4n) is 2.19. The van der Waals surface area contributed by atoms with E-state index in [1.165, 1.54) is 0 Å². The van der Waals surface area contributed by atoms with Gasteiger partial charge in [0, 0.05) is 17.8 Å². The highest BCUT2D eigenvalue weighted by atomic mass is 35.5. The van der Waals surface area contributed by atoms with E-state index in [0.717, 1.165) is 24.5 Å². The van der Waals surface area contributed by atoms with Crippen LogP contribution in [-0.2, 0) is 9.53 Å². The van der Waals surface area contributed by atoms with Gasteiger partial charge in [-0.25, -0.2) is 0 Å². The second kappa shape index (κ2) is 7.57. The second-order valence-corrected chi connectivity index (χ2v) is 8.39. The van der Waals surface area contributed by atoms with Crippen LogP contribution in [-0.4, -0.2) is 42.7 Å². The van der Waals surface area contributed by atoms with Crippen molar-refractivity contribution in [3.63, 3.8) is 0 Å². The Hall–Kier alpha value is -0.910. The summed E-state index contributed by atoms with van der Waals surface area (Å²) in [5.74, 6) is 0.426. The number of hydrogen-bond acceptors (Lipinski definition) is 4. The molecule has 0 atom stereocenters. The van der Waals surface area contributed by atoms with Crippen LogP contribution in [0.3, 0.4) is 0 Å². The maximum Gasteiger partial charge on any atom is 0.234 e. The largest absolute Gasteiger partial charge is 0.378 e. The predicted molar refractivity (Wildman–Crippen MR) is 95.3 cm³/mol. The summed E-state index contributed by atoms with van der Waals surface area (Å²) in [5, 5.41) is 3.65. The molecule has 1 N–H and O–H groups in total. The molecular formula is C16H23ClN2O2S. The van der Waals surface area contributed by atoms with Crippen molar-refractivity contribution < 1.29 is 9.53 Å². The van der Waals surface area contributed by atoms with E-state index in [0.29, 0.717) is 24.0 Å². The molecule has 0 unspecified atom stereocenters. The lowest BCUT2D eigenvalue weighted by Gasteiger charge is -2.31. The van der Waals surface area contributed by atoms with Crippen LogP contribution in [0, 0.1) is 0 Å². The van der Waals surface area contributed by atoms with Crippen LogP contribution in [0.1, 0.15) is 20.8 Å². The van der Waals surface area contributed by atoms with Crippen LogP contribution >= 0.6 is 23.4 Å². The van der Waals surface area contributed by atoms with Crippen LogP contribution in [0.2, 0.25) is 5.02 Å². The molecule has 1 fully saturated rings. The predicted octanol–water partition coefficient (Wildman–Crippen LogP) is 3.65. The van der Waals surface area contributed by atoms with Crippen LogP contribution in [0.4, 0.5) is 11.4 Å². The third-order valence-electron chi connectivity index (χ3n) is 3.22. The van der Waals surface area contributed by atoms with Crippen molar-refractivity contribution in [1.82, 2.24) is 0 Å². The molecule has 4 nitrogen and oxygen atoms in total. The zero-order chi connectivity index (χ0) is 16.2. The summed E-state index contributed by atoms with van der Waals surface area (Å²) in [6.07, 6.45) is 0. The average molecular weight is 343 g/mol. The van der Waals surface area contributed by atoms with Crippen molar-refractivity contribution in [2.75, 3.05) is 42.3 Å². The van der Waals surface area contributed by atoms with Gasteiger partial charge < -0.3 is 15.0 Å². The molecule has 1 amide bonds. The Kier molecular flexibility index (Phi) is 6.01. The second-order valence-electron chi connectivity index (χ2n) is 6.18. The van der Waals surface area contributed by atoms with Gasteiger partial charge in [-0.3, -0.25) is 4.79 Å². The van der Waals surface area contributed by atoms with Crippen LogP contribution < -0.4 is 10.2 Å². The number of carbonyl (C=O) groups excluding carboxylic acids is 1. The standard InChI is InChI=1S/C16H23ClN2O2S/c1-16(2,3)22-11-14(20)18-13-6-4-5-12(17)15(13)19-7-9-21-10-8-19/h4-6H,7-11H2,1-3H3,(H,18,20). The lowest BCUT2D eigenvalue weighted by Crippen LogP contribution is -2.37. The molecule has 1 saturated heterocycles. The molecule has 0 radical (unpaired) electrons. The van der Waals surface area contributed by atoms with Crippen LogP contribution in [0.5, 0.6) is 0 Å². The summed E-state index contributed by atoms with van der Waals surface area (Å²) in [7, 11) is 0. The topological polar surface area (TPSA) is 41.6 Å². The minimum absolute atomic E-state index is 0.00305. The monoisotopic (exact) mass is 342 g/mol. The number of thioether (sulfide) groups is 1. The summed E-state index contributed by atoms with van der Waals surface area (Å²) in [4.78, 5) is 14.4. The van der Waals surface area contributed by atoms with Crippen molar-refractivity contribution >= 4 is 40.6 Å². The zero-order valence-corrected chi connectivity index (χ0v) is 14.9. The number of para-hydroxylation sites is 1.